The third-order valence-corrected chi connectivity index (χ3v) is 10.2. The fourth-order valence-corrected chi connectivity index (χ4v) is 5.23. The average molecular weight is 649 g/mol. The molecule has 0 saturated heterocycles. The predicted octanol–water partition coefficient (Wildman–Crippen LogP) is 8.34. The summed E-state index contributed by atoms with van der Waals surface area (Å²) in [6.45, 7) is 19.7. The third-order valence-electron chi connectivity index (χ3n) is 7.45. The average Bonchev–Trinajstić information content (AvgIpc) is 2.95. The summed E-state index contributed by atoms with van der Waals surface area (Å²) in [5.74, 6) is 1.75. The van der Waals surface area contributed by atoms with Gasteiger partial charge in [-0.15, -0.1) is 0 Å². The molecule has 3 aromatic carbocycles. The van der Waals surface area contributed by atoms with Crippen LogP contribution < -0.4 is 0 Å². The van der Waals surface area contributed by atoms with E-state index in [0.29, 0.717) is 17.8 Å². The van der Waals surface area contributed by atoms with Gasteiger partial charge in [0.05, 0.1) is 0 Å². The van der Waals surface area contributed by atoms with Gasteiger partial charge >= 0.3 is 0 Å². The molecule has 0 saturated carbocycles. The molecule has 216 valence electrons. The molecule has 18 radical (unpaired) electrons. The van der Waals surface area contributed by atoms with Gasteiger partial charge in [0, 0.05) is 61.5 Å². The van der Waals surface area contributed by atoms with Crippen molar-refractivity contribution < 1.29 is 0 Å². The second-order valence-corrected chi connectivity index (χ2v) is 18.0. The monoisotopic (exact) mass is 648 g/mol. The topological polar surface area (TPSA) is 0 Å². The second kappa shape index (κ2) is 17.4. The van der Waals surface area contributed by atoms with Gasteiger partial charge in [0.15, 0.2) is 0 Å². The van der Waals surface area contributed by atoms with Gasteiger partial charge in [-0.25, -0.2) is 0 Å². The lowest BCUT2D eigenvalue weighted by molar-refractivity contribution is 0.735. The van der Waals surface area contributed by atoms with E-state index in [0.717, 1.165) is 18.1 Å². The Labute approximate surface area is 279 Å². The normalized spacial score (nSPS) is 14.1. The smallest absolute Gasteiger partial charge is 0.0370 e. The molecule has 0 spiro atoms. The number of hydrogen-bond acceptors (Lipinski definition) is 0. The van der Waals surface area contributed by atoms with Crippen molar-refractivity contribution in [3.8, 4) is 0 Å². The highest BCUT2D eigenvalue weighted by Crippen LogP contribution is 2.27. The summed E-state index contributed by atoms with van der Waals surface area (Å²) in [6.07, 6.45) is 0. The standard InChI is InChI=1S/3C12H16Si2/c1-11(2,13)9-6-5-7-10(8-9)12(3,4)14;1-9(8-13)10-5-4-6-11(7-10)12(2,3)14;1-9(7-13)11-4-3-5-12(6-11)10(2)8-14/h5-8H,1-4H3;4-7,9H,8H2,1-3H3;3-6,9-10H,7-8H2,1-2H3. The molecule has 3 unspecified atom stereocenters. The largest absolute Gasteiger partial charge is 0.0617 e. The fourth-order valence-electron chi connectivity index (χ4n) is 4.06. The predicted molar refractivity (Wildman–Crippen MR) is 193 cm³/mol. The van der Waals surface area contributed by atoms with E-state index in [9.17, 15) is 0 Å². The van der Waals surface area contributed by atoms with Gasteiger partial charge in [0.25, 0.3) is 0 Å². The van der Waals surface area contributed by atoms with Crippen molar-refractivity contribution >= 4 is 61.5 Å². The number of rotatable bonds is 9. The zero-order chi connectivity index (χ0) is 32.3. The highest BCUT2D eigenvalue weighted by atomic mass is 28.2. The molecule has 0 aliphatic rings. The minimum atomic E-state index is 0.0352. The van der Waals surface area contributed by atoms with Gasteiger partial charge in [-0.2, -0.15) is 0 Å². The molecule has 0 aliphatic heterocycles. The highest BCUT2D eigenvalue weighted by Gasteiger charge is 2.18. The van der Waals surface area contributed by atoms with E-state index in [1.54, 1.807) is 0 Å². The molecule has 3 rings (SSSR count). The molecule has 42 heavy (non-hydrogen) atoms. The maximum Gasteiger partial charge on any atom is 0.0370 e. The first-order valence-electron chi connectivity index (χ1n) is 14.8. The van der Waals surface area contributed by atoms with Crippen molar-refractivity contribution in [2.75, 3.05) is 0 Å². The van der Waals surface area contributed by atoms with E-state index in [4.69, 9.17) is 0 Å². The van der Waals surface area contributed by atoms with E-state index < -0.39 is 0 Å². The zero-order valence-corrected chi connectivity index (χ0v) is 33.3. The van der Waals surface area contributed by atoms with Gasteiger partial charge in [-0.1, -0.05) is 153 Å². The van der Waals surface area contributed by atoms with Crippen LogP contribution in [0.5, 0.6) is 0 Å². The first kappa shape index (κ1) is 39.0. The Bertz CT molecular complexity index is 1150. The van der Waals surface area contributed by atoms with Crippen molar-refractivity contribution in [1.82, 2.24) is 0 Å². The molecule has 0 heterocycles. The Hall–Kier alpha value is -1.04. The summed E-state index contributed by atoms with van der Waals surface area (Å²) in [5, 5.41) is 0.127. The molecule has 0 aromatic heterocycles. The Morgan fingerprint density at radius 3 is 1.02 bits per heavy atom. The Kier molecular flexibility index (Phi) is 16.2. The molecule has 0 N–H and O–H groups in total. The molecular formula is C36H48Si6. The second-order valence-electron chi connectivity index (χ2n) is 13.1. The van der Waals surface area contributed by atoms with Crippen LogP contribution in [0.15, 0.2) is 72.8 Å². The van der Waals surface area contributed by atoms with Crippen LogP contribution in [0.1, 0.15) is 113 Å². The quantitative estimate of drug-likeness (QED) is 0.205. The lowest BCUT2D eigenvalue weighted by atomic mass is 9.94. The van der Waals surface area contributed by atoms with Gasteiger partial charge in [-0.3, -0.25) is 0 Å². The Morgan fingerprint density at radius 2 is 0.714 bits per heavy atom. The van der Waals surface area contributed by atoms with E-state index in [2.05, 4.69) is 197 Å². The van der Waals surface area contributed by atoms with E-state index in [-0.39, 0.29) is 15.1 Å². The zero-order valence-electron chi connectivity index (χ0n) is 27.3. The van der Waals surface area contributed by atoms with Crippen LogP contribution in [0.4, 0.5) is 0 Å². The van der Waals surface area contributed by atoms with Gasteiger partial charge < -0.3 is 0 Å². The summed E-state index contributed by atoms with van der Waals surface area (Å²) < 4.78 is 0. The van der Waals surface area contributed by atoms with Crippen LogP contribution in [0, 0.1) is 0 Å². The maximum absolute atomic E-state index is 3.73. The van der Waals surface area contributed by atoms with Crippen LogP contribution in [0.3, 0.4) is 0 Å². The van der Waals surface area contributed by atoms with Gasteiger partial charge in [-0.05, 0) is 66.2 Å². The van der Waals surface area contributed by atoms with Crippen LogP contribution in [0.25, 0.3) is 0 Å². The SMILES string of the molecule is CC(C)([Si])c1cccc(C(C)(C)[Si])c1.CC(C[Si])c1cccc(C(C)(C)[Si])c1.CC(C[Si])c1cccc(C(C)C[Si])c1. The van der Waals surface area contributed by atoms with Crippen LogP contribution >= 0.6 is 0 Å². The number of benzene rings is 3. The van der Waals surface area contributed by atoms with Gasteiger partial charge in [0.2, 0.25) is 0 Å². The lowest BCUT2D eigenvalue weighted by Crippen LogP contribution is -2.20. The van der Waals surface area contributed by atoms with Crippen LogP contribution in [-0.2, 0) is 15.1 Å². The minimum Gasteiger partial charge on any atom is -0.0617 e. The molecular weight excluding hydrogens is 601 g/mol. The molecule has 3 aromatic rings. The fraction of sp³-hybridized carbons (Fsp3) is 0.500. The summed E-state index contributed by atoms with van der Waals surface area (Å²) >= 11 is 0. The summed E-state index contributed by atoms with van der Waals surface area (Å²) in [6, 6.07) is 29.3. The van der Waals surface area contributed by atoms with Crippen molar-refractivity contribution in [2.24, 2.45) is 0 Å². The van der Waals surface area contributed by atoms with E-state index in [1.807, 2.05) is 0 Å². The first-order chi connectivity index (χ1) is 19.3. The summed E-state index contributed by atoms with van der Waals surface area (Å²) in [5.41, 5.74) is 8.17. The van der Waals surface area contributed by atoms with Crippen LogP contribution in [-0.4, -0.2) is 61.5 Å². The lowest BCUT2D eigenvalue weighted by Gasteiger charge is -2.24. The Balaban J connectivity index is 0.000000315. The molecule has 6 heteroatoms. The minimum absolute atomic E-state index is 0.0352. The van der Waals surface area contributed by atoms with Crippen LogP contribution in [0.2, 0.25) is 18.1 Å². The number of hydrogen-bond donors (Lipinski definition) is 0. The molecule has 0 nitrogen and oxygen atoms in total. The molecule has 0 bridgehead atoms. The van der Waals surface area contributed by atoms with E-state index >= 15 is 0 Å². The van der Waals surface area contributed by atoms with Crippen molar-refractivity contribution in [3.63, 3.8) is 0 Å². The molecule has 0 fully saturated rings. The molecule has 3 atom stereocenters. The molecule has 0 amide bonds. The third kappa shape index (κ3) is 13.3. The highest BCUT2D eigenvalue weighted by molar-refractivity contribution is 6.16. The maximum atomic E-state index is 3.73. The molecule has 0 aliphatic carbocycles. The summed E-state index contributed by atoms with van der Waals surface area (Å²) in [4.78, 5) is 0. The van der Waals surface area contributed by atoms with Crippen molar-refractivity contribution in [1.29, 1.82) is 0 Å². The van der Waals surface area contributed by atoms with Crippen molar-refractivity contribution in [2.45, 2.75) is 113 Å². The summed E-state index contributed by atoms with van der Waals surface area (Å²) in [7, 11) is 21.9. The van der Waals surface area contributed by atoms with Gasteiger partial charge in [0.1, 0.15) is 0 Å². The van der Waals surface area contributed by atoms with Crippen molar-refractivity contribution in [3.05, 3.63) is 106 Å². The Morgan fingerprint density at radius 1 is 0.452 bits per heavy atom. The first-order valence-corrected chi connectivity index (χ1v) is 18.5. The van der Waals surface area contributed by atoms with E-state index in [1.165, 1.54) is 33.4 Å².